The Balaban J connectivity index is 2.06. The largest absolute Gasteiger partial charge is 0.481 e. The highest BCUT2D eigenvalue weighted by Gasteiger charge is 2.31. The first-order valence-electron chi connectivity index (χ1n) is 7.80. The number of rotatable bonds is 5. The van der Waals surface area contributed by atoms with Crippen molar-refractivity contribution in [2.75, 3.05) is 7.11 Å². The summed E-state index contributed by atoms with van der Waals surface area (Å²) in [7, 11) is 1.65. The third kappa shape index (κ3) is 3.36. The minimum absolute atomic E-state index is 0.181. The maximum Gasteiger partial charge on any atom is 0.306 e. The van der Waals surface area contributed by atoms with Crippen LogP contribution < -0.4 is 4.74 Å². The van der Waals surface area contributed by atoms with Gasteiger partial charge >= 0.3 is 5.97 Å². The Morgan fingerprint density at radius 1 is 1.43 bits per heavy atom. The number of carboxylic acids is 1. The quantitative estimate of drug-likeness (QED) is 0.896. The van der Waals surface area contributed by atoms with E-state index in [9.17, 15) is 9.90 Å². The lowest BCUT2D eigenvalue weighted by Crippen LogP contribution is -2.26. The Morgan fingerprint density at radius 3 is 2.62 bits per heavy atom. The summed E-state index contributed by atoms with van der Waals surface area (Å²) in [6.07, 6.45) is 6.65. The highest BCUT2D eigenvalue weighted by Crippen LogP contribution is 2.41. The second-order valence-electron chi connectivity index (χ2n) is 6.00. The summed E-state index contributed by atoms with van der Waals surface area (Å²) in [5.41, 5.74) is 2.43. The topological polar surface area (TPSA) is 59.4 Å². The fourth-order valence-electron chi connectivity index (χ4n) is 3.72. The van der Waals surface area contributed by atoms with Gasteiger partial charge in [-0.3, -0.25) is 4.79 Å². The minimum atomic E-state index is -0.636. The van der Waals surface area contributed by atoms with Crippen LogP contribution in [0.4, 0.5) is 0 Å². The van der Waals surface area contributed by atoms with Crippen LogP contribution in [0.5, 0.6) is 5.88 Å². The molecule has 0 amide bonds. The number of aromatic nitrogens is 1. The van der Waals surface area contributed by atoms with Crippen molar-refractivity contribution in [1.29, 1.82) is 0 Å². The van der Waals surface area contributed by atoms with E-state index in [4.69, 9.17) is 4.74 Å². The Bertz CT molecular complexity index is 493. The summed E-state index contributed by atoms with van der Waals surface area (Å²) in [6, 6.07) is 2.08. The molecule has 1 saturated carbocycles. The summed E-state index contributed by atoms with van der Waals surface area (Å²) in [5, 5.41) is 9.30. The first-order chi connectivity index (χ1) is 10.1. The van der Waals surface area contributed by atoms with Crippen molar-refractivity contribution in [2.24, 2.45) is 11.8 Å². The number of nitrogens with zero attached hydrogens (tertiary/aromatic N) is 1. The zero-order chi connectivity index (χ0) is 15.4. The van der Waals surface area contributed by atoms with Crippen LogP contribution in [-0.2, 0) is 4.79 Å². The van der Waals surface area contributed by atoms with Crippen LogP contribution in [0.25, 0.3) is 0 Å². The smallest absolute Gasteiger partial charge is 0.306 e. The molecule has 1 N–H and O–H groups in total. The molecule has 0 radical (unpaired) electrons. The Hall–Kier alpha value is -1.58. The van der Waals surface area contributed by atoms with Crippen molar-refractivity contribution in [3.8, 4) is 5.88 Å². The molecule has 4 nitrogen and oxygen atoms in total. The molecule has 1 aliphatic carbocycles. The first-order valence-corrected chi connectivity index (χ1v) is 7.80. The van der Waals surface area contributed by atoms with Crippen LogP contribution in [0.3, 0.4) is 0 Å². The zero-order valence-corrected chi connectivity index (χ0v) is 13.1. The van der Waals surface area contributed by atoms with Gasteiger partial charge in [-0.1, -0.05) is 6.92 Å². The molecule has 0 aromatic carbocycles. The summed E-state index contributed by atoms with van der Waals surface area (Å²) >= 11 is 0. The van der Waals surface area contributed by atoms with Gasteiger partial charge < -0.3 is 9.84 Å². The maximum atomic E-state index is 11.3. The summed E-state index contributed by atoms with van der Waals surface area (Å²) in [6.45, 7) is 4.03. The van der Waals surface area contributed by atoms with Crippen LogP contribution in [0.1, 0.15) is 56.1 Å². The summed E-state index contributed by atoms with van der Waals surface area (Å²) in [5.74, 6) is 0.713. The number of pyridine rings is 1. The molecule has 1 aliphatic rings. The monoisotopic (exact) mass is 291 g/mol. The van der Waals surface area contributed by atoms with E-state index in [1.54, 1.807) is 13.3 Å². The Labute approximate surface area is 126 Å². The van der Waals surface area contributed by atoms with Gasteiger partial charge in [0.25, 0.3) is 0 Å². The van der Waals surface area contributed by atoms with Gasteiger partial charge in [-0.05, 0) is 62.5 Å². The predicted molar refractivity (Wildman–Crippen MR) is 81.6 cm³/mol. The van der Waals surface area contributed by atoms with E-state index in [-0.39, 0.29) is 5.92 Å². The van der Waals surface area contributed by atoms with Gasteiger partial charge in [-0.25, -0.2) is 4.98 Å². The van der Waals surface area contributed by atoms with Gasteiger partial charge in [0.2, 0.25) is 5.88 Å². The number of carbonyl (C=O) groups is 1. The average molecular weight is 291 g/mol. The van der Waals surface area contributed by atoms with Crippen molar-refractivity contribution in [3.05, 3.63) is 23.4 Å². The SMILES string of the molecule is CCC(C(=O)O)[C@H]1CC[C@@H](c2ccnc(OC)c2C)CC1. The normalized spacial score (nSPS) is 23.6. The molecule has 1 atom stereocenters. The molecule has 1 fully saturated rings. The minimum Gasteiger partial charge on any atom is -0.481 e. The van der Waals surface area contributed by atoms with E-state index in [0.29, 0.717) is 17.7 Å². The third-order valence-electron chi connectivity index (χ3n) is 4.93. The summed E-state index contributed by atoms with van der Waals surface area (Å²) in [4.78, 5) is 15.5. The number of ether oxygens (including phenoxy) is 1. The van der Waals surface area contributed by atoms with Crippen LogP contribution in [0.2, 0.25) is 0 Å². The van der Waals surface area contributed by atoms with Gasteiger partial charge in [0.1, 0.15) is 0 Å². The third-order valence-corrected chi connectivity index (χ3v) is 4.93. The van der Waals surface area contributed by atoms with Gasteiger partial charge in [0.15, 0.2) is 0 Å². The van der Waals surface area contributed by atoms with Crippen molar-refractivity contribution < 1.29 is 14.6 Å². The fourth-order valence-corrected chi connectivity index (χ4v) is 3.72. The van der Waals surface area contributed by atoms with E-state index in [0.717, 1.165) is 37.7 Å². The van der Waals surface area contributed by atoms with Crippen molar-refractivity contribution in [3.63, 3.8) is 0 Å². The molecule has 0 bridgehead atoms. The molecule has 0 spiro atoms. The van der Waals surface area contributed by atoms with Crippen LogP contribution in [0, 0.1) is 18.8 Å². The van der Waals surface area contributed by atoms with Crippen LogP contribution >= 0.6 is 0 Å². The van der Waals surface area contributed by atoms with Gasteiger partial charge in [-0.2, -0.15) is 0 Å². The second kappa shape index (κ2) is 6.92. The van der Waals surface area contributed by atoms with Crippen molar-refractivity contribution in [1.82, 2.24) is 4.98 Å². The van der Waals surface area contributed by atoms with E-state index in [1.165, 1.54) is 5.56 Å². The van der Waals surface area contributed by atoms with Crippen LogP contribution in [0.15, 0.2) is 12.3 Å². The molecule has 4 heteroatoms. The van der Waals surface area contributed by atoms with Crippen LogP contribution in [-0.4, -0.2) is 23.2 Å². The molecule has 1 aromatic heterocycles. The highest BCUT2D eigenvalue weighted by atomic mass is 16.5. The number of methoxy groups -OCH3 is 1. The van der Waals surface area contributed by atoms with E-state index in [1.807, 2.05) is 6.92 Å². The van der Waals surface area contributed by atoms with E-state index < -0.39 is 5.97 Å². The molecule has 116 valence electrons. The van der Waals surface area contributed by atoms with Crippen molar-refractivity contribution >= 4 is 5.97 Å². The van der Waals surface area contributed by atoms with E-state index in [2.05, 4.69) is 18.0 Å². The van der Waals surface area contributed by atoms with Crippen molar-refractivity contribution in [2.45, 2.75) is 51.9 Å². The number of carboxylic acid groups (broad SMARTS) is 1. The molecule has 1 heterocycles. The molecule has 0 aliphatic heterocycles. The predicted octanol–water partition coefficient (Wildman–Crippen LogP) is 3.78. The number of aliphatic carboxylic acids is 1. The lowest BCUT2D eigenvalue weighted by atomic mass is 9.72. The standard InChI is InChI=1S/C17H25NO3/c1-4-14(17(19)20)12-5-7-13(8-6-12)15-9-10-18-16(21-3)11(15)2/h9-10,12-14H,4-8H2,1-3H3,(H,19,20)/t12-,13+,14?. The number of hydrogen-bond acceptors (Lipinski definition) is 3. The highest BCUT2D eigenvalue weighted by molar-refractivity contribution is 5.70. The van der Waals surface area contributed by atoms with Gasteiger partial charge in [0, 0.05) is 11.8 Å². The van der Waals surface area contributed by atoms with Gasteiger partial charge in [0.05, 0.1) is 13.0 Å². The lowest BCUT2D eigenvalue weighted by molar-refractivity contribution is -0.144. The molecule has 0 saturated heterocycles. The summed E-state index contributed by atoms with van der Waals surface area (Å²) < 4.78 is 5.30. The molecule has 2 rings (SSSR count). The Morgan fingerprint density at radius 2 is 2.10 bits per heavy atom. The lowest BCUT2D eigenvalue weighted by Gasteiger charge is -2.32. The second-order valence-corrected chi connectivity index (χ2v) is 6.00. The van der Waals surface area contributed by atoms with E-state index >= 15 is 0 Å². The average Bonchev–Trinajstić information content (AvgIpc) is 2.49. The maximum absolute atomic E-state index is 11.3. The Kier molecular flexibility index (Phi) is 5.21. The molecule has 1 unspecified atom stereocenters. The zero-order valence-electron chi connectivity index (χ0n) is 13.1. The fraction of sp³-hybridized carbons (Fsp3) is 0.647. The van der Waals surface area contributed by atoms with Gasteiger partial charge in [-0.15, -0.1) is 0 Å². The molecule has 1 aromatic rings. The first kappa shape index (κ1) is 15.8. The number of hydrogen-bond donors (Lipinski definition) is 1. The molecule has 21 heavy (non-hydrogen) atoms. The molecular weight excluding hydrogens is 266 g/mol. The molecular formula is C17H25NO3.